The van der Waals surface area contributed by atoms with Crippen molar-refractivity contribution >= 4 is 5.82 Å². The van der Waals surface area contributed by atoms with E-state index in [2.05, 4.69) is 29.8 Å². The smallest absolute Gasteiger partial charge is 0.0578 e. The van der Waals surface area contributed by atoms with Crippen LogP contribution in [0.15, 0.2) is 12.3 Å². The quantitative estimate of drug-likeness (QED) is 0.780. The van der Waals surface area contributed by atoms with Crippen LogP contribution in [0.1, 0.15) is 25.3 Å². The molecular formula is C13H17N2OY-. The molecule has 2 saturated heterocycles. The zero-order chi connectivity index (χ0) is 11.2. The van der Waals surface area contributed by atoms with Crippen LogP contribution in [0.25, 0.3) is 0 Å². The van der Waals surface area contributed by atoms with E-state index in [1.54, 1.807) is 0 Å². The Morgan fingerprint density at radius 1 is 1.41 bits per heavy atom. The third kappa shape index (κ3) is 2.42. The topological polar surface area (TPSA) is 25.4 Å². The largest absolute Gasteiger partial charge is 0.407 e. The van der Waals surface area contributed by atoms with Gasteiger partial charge in [-0.3, -0.25) is 0 Å². The van der Waals surface area contributed by atoms with Crippen LogP contribution >= 0.6 is 0 Å². The van der Waals surface area contributed by atoms with Crippen molar-refractivity contribution < 1.29 is 37.4 Å². The van der Waals surface area contributed by atoms with Crippen molar-refractivity contribution in [1.29, 1.82) is 0 Å². The van der Waals surface area contributed by atoms with E-state index >= 15 is 0 Å². The Morgan fingerprint density at radius 3 is 2.53 bits per heavy atom. The monoisotopic (exact) mass is 306 g/mol. The van der Waals surface area contributed by atoms with Gasteiger partial charge in [0.2, 0.25) is 0 Å². The molecule has 3 rings (SSSR count). The molecule has 0 amide bonds. The maximum atomic E-state index is 5.26. The molecule has 17 heavy (non-hydrogen) atoms. The van der Waals surface area contributed by atoms with Crippen molar-refractivity contribution in [3.05, 3.63) is 23.9 Å². The van der Waals surface area contributed by atoms with Gasteiger partial charge >= 0.3 is 0 Å². The average molecular weight is 306 g/mol. The first-order valence-electron chi connectivity index (χ1n) is 5.89. The number of aromatic nitrogens is 1. The minimum Gasteiger partial charge on any atom is -0.407 e. The van der Waals surface area contributed by atoms with E-state index in [1.807, 2.05) is 12.3 Å². The van der Waals surface area contributed by atoms with Gasteiger partial charge in [-0.05, 0) is 5.92 Å². The van der Waals surface area contributed by atoms with Crippen molar-refractivity contribution in [3.63, 3.8) is 0 Å². The van der Waals surface area contributed by atoms with Gasteiger partial charge < -0.3 is 14.6 Å². The number of hydrogen-bond donors (Lipinski definition) is 0. The molecule has 0 aromatic carbocycles. The van der Waals surface area contributed by atoms with E-state index in [4.69, 9.17) is 4.74 Å². The molecule has 0 atom stereocenters. The zero-order valence-electron chi connectivity index (χ0n) is 10.4. The fourth-order valence-corrected chi connectivity index (χ4v) is 2.35. The Balaban J connectivity index is 0.00000108. The minimum absolute atomic E-state index is 0. The summed E-state index contributed by atoms with van der Waals surface area (Å²) >= 11 is 0. The summed E-state index contributed by atoms with van der Waals surface area (Å²) in [6.07, 6.45) is 1.95. The number of nitrogens with zero attached hydrogens (tertiary/aromatic N) is 2. The Morgan fingerprint density at radius 2 is 2.12 bits per heavy atom. The van der Waals surface area contributed by atoms with Crippen LogP contribution in [-0.4, -0.2) is 31.3 Å². The van der Waals surface area contributed by atoms with Crippen LogP contribution in [-0.2, 0) is 37.4 Å². The first kappa shape index (κ1) is 13.4. The summed E-state index contributed by atoms with van der Waals surface area (Å²) < 4.78 is 5.26. The molecule has 0 aliphatic carbocycles. The molecule has 0 saturated carbocycles. The molecule has 0 bridgehead atoms. The summed E-state index contributed by atoms with van der Waals surface area (Å²) in [5, 5.41) is 0. The number of hydrogen-bond acceptors (Lipinski definition) is 3. The Kier molecular flexibility index (Phi) is 3.91. The van der Waals surface area contributed by atoms with Crippen LogP contribution in [0.4, 0.5) is 5.82 Å². The fourth-order valence-electron chi connectivity index (χ4n) is 2.35. The minimum atomic E-state index is 0. The molecule has 2 fully saturated rings. The van der Waals surface area contributed by atoms with E-state index < -0.39 is 0 Å². The van der Waals surface area contributed by atoms with Crippen LogP contribution in [0.5, 0.6) is 0 Å². The van der Waals surface area contributed by atoms with E-state index in [9.17, 15) is 0 Å². The molecule has 2 aliphatic heterocycles. The summed E-state index contributed by atoms with van der Waals surface area (Å²) in [4.78, 5) is 6.81. The number of ether oxygens (including phenoxy) is 1. The summed E-state index contributed by atoms with van der Waals surface area (Å²) in [6.45, 7) is 8.37. The Hall–Kier alpha value is 0.0139. The standard InChI is InChI=1S/C13H17N2O.Y/c1-10(2)11-3-4-12(14-5-11)15-6-13(7-15)8-16-9-13;/h4-5,10H,6-9H2,1-2H3;/q-1;. The molecule has 89 valence electrons. The third-order valence-electron chi connectivity index (χ3n) is 3.52. The van der Waals surface area contributed by atoms with Crippen LogP contribution in [0.2, 0.25) is 0 Å². The number of anilines is 1. The number of rotatable bonds is 2. The molecule has 1 aromatic rings. The molecule has 0 N–H and O–H groups in total. The van der Waals surface area contributed by atoms with Crippen LogP contribution in [0.3, 0.4) is 0 Å². The van der Waals surface area contributed by atoms with Crippen LogP contribution < -0.4 is 4.90 Å². The van der Waals surface area contributed by atoms with Crippen molar-refractivity contribution in [2.45, 2.75) is 19.8 Å². The number of pyridine rings is 1. The van der Waals surface area contributed by atoms with Crippen molar-refractivity contribution in [2.75, 3.05) is 31.2 Å². The summed E-state index contributed by atoms with van der Waals surface area (Å²) in [7, 11) is 0. The van der Waals surface area contributed by atoms with Gasteiger partial charge in [-0.25, -0.2) is 0 Å². The Labute approximate surface area is 128 Å². The van der Waals surface area contributed by atoms with Gasteiger partial charge in [0.15, 0.2) is 0 Å². The zero-order valence-corrected chi connectivity index (χ0v) is 13.3. The first-order valence-corrected chi connectivity index (χ1v) is 5.89. The second-order valence-corrected chi connectivity index (χ2v) is 5.36. The normalized spacial score (nSPS) is 20.8. The first-order chi connectivity index (χ1) is 7.69. The second kappa shape index (κ2) is 4.95. The maximum absolute atomic E-state index is 5.26. The SMILES string of the molecule is CC(C)c1[c-]cc(N2CC3(COC3)C2)nc1.[Y]. The van der Waals surface area contributed by atoms with Gasteiger partial charge in [-0.2, -0.15) is 6.07 Å². The van der Waals surface area contributed by atoms with E-state index in [0.29, 0.717) is 11.3 Å². The van der Waals surface area contributed by atoms with Crippen molar-refractivity contribution in [3.8, 4) is 0 Å². The molecule has 0 unspecified atom stereocenters. The van der Waals surface area contributed by atoms with Gasteiger partial charge in [-0.1, -0.05) is 20.0 Å². The van der Waals surface area contributed by atoms with E-state index in [-0.39, 0.29) is 32.7 Å². The van der Waals surface area contributed by atoms with E-state index in [0.717, 1.165) is 32.1 Å². The molecular weight excluding hydrogens is 289 g/mol. The predicted molar refractivity (Wildman–Crippen MR) is 62.6 cm³/mol. The molecule has 1 aromatic heterocycles. The fraction of sp³-hybridized carbons (Fsp3) is 0.615. The summed E-state index contributed by atoms with van der Waals surface area (Å²) in [5.74, 6) is 1.56. The van der Waals surface area contributed by atoms with Crippen molar-refractivity contribution in [2.24, 2.45) is 5.41 Å². The molecule has 4 heteroatoms. The molecule has 1 radical (unpaired) electrons. The van der Waals surface area contributed by atoms with E-state index in [1.165, 1.54) is 5.56 Å². The molecule has 2 aliphatic rings. The van der Waals surface area contributed by atoms with Crippen LogP contribution in [0, 0.1) is 11.5 Å². The molecule has 3 heterocycles. The van der Waals surface area contributed by atoms with Gasteiger partial charge in [-0.15, -0.1) is 11.6 Å². The van der Waals surface area contributed by atoms with Gasteiger partial charge in [0.25, 0.3) is 0 Å². The second-order valence-electron chi connectivity index (χ2n) is 5.36. The van der Waals surface area contributed by atoms with Crippen molar-refractivity contribution in [1.82, 2.24) is 4.98 Å². The van der Waals surface area contributed by atoms with Gasteiger partial charge in [0.1, 0.15) is 0 Å². The third-order valence-corrected chi connectivity index (χ3v) is 3.52. The Bertz CT molecular complexity index is 379. The van der Waals surface area contributed by atoms with Gasteiger partial charge in [0, 0.05) is 51.6 Å². The van der Waals surface area contributed by atoms with Gasteiger partial charge in [0.05, 0.1) is 18.6 Å². The summed E-state index contributed by atoms with van der Waals surface area (Å²) in [6, 6.07) is 5.33. The average Bonchev–Trinajstić information content (AvgIpc) is 2.14. The molecule has 1 spiro atoms. The maximum Gasteiger partial charge on any atom is 0.0578 e. The predicted octanol–water partition coefficient (Wildman–Crippen LogP) is 1.84. The summed E-state index contributed by atoms with van der Waals surface area (Å²) in [5.41, 5.74) is 1.64. The molecule has 3 nitrogen and oxygen atoms in total.